The van der Waals surface area contributed by atoms with Gasteiger partial charge in [0.05, 0.1) is 0 Å². The summed E-state index contributed by atoms with van der Waals surface area (Å²) < 4.78 is 42.1. The van der Waals surface area contributed by atoms with Gasteiger partial charge in [0.1, 0.15) is 10.8 Å². The van der Waals surface area contributed by atoms with Gasteiger partial charge in [-0.15, -0.1) is 23.4 Å². The molecule has 0 spiro atoms. The lowest BCUT2D eigenvalue weighted by Gasteiger charge is -2.21. The molecule has 1 aliphatic rings. The molecular formula is C15H13F3N4OS. The van der Waals surface area contributed by atoms with E-state index in [9.17, 15) is 13.2 Å². The van der Waals surface area contributed by atoms with Crippen LogP contribution in [0.2, 0.25) is 0 Å². The summed E-state index contributed by atoms with van der Waals surface area (Å²) in [6.45, 7) is 0. The van der Waals surface area contributed by atoms with Gasteiger partial charge < -0.3 is 4.74 Å². The molecule has 5 nitrogen and oxygen atoms in total. The molecular weight excluding hydrogens is 341 g/mol. The Bertz CT molecular complexity index is 852. The van der Waals surface area contributed by atoms with Crippen LogP contribution in [0.4, 0.5) is 13.2 Å². The molecule has 0 unspecified atom stereocenters. The van der Waals surface area contributed by atoms with Crippen molar-refractivity contribution in [2.45, 2.75) is 38.0 Å². The van der Waals surface area contributed by atoms with Gasteiger partial charge >= 0.3 is 6.36 Å². The Hall–Kier alpha value is -2.16. The summed E-state index contributed by atoms with van der Waals surface area (Å²) in [6, 6.07) is 5.76. The van der Waals surface area contributed by atoms with E-state index in [1.54, 1.807) is 28.0 Å². The minimum Gasteiger partial charge on any atom is -0.406 e. The number of alkyl halides is 3. The SMILES string of the molecule is FC(F)(F)Oc1ccc(Cc2nnc3sc(C4CCC4)nn23)cc1. The molecule has 126 valence electrons. The lowest BCUT2D eigenvalue weighted by molar-refractivity contribution is -0.274. The van der Waals surface area contributed by atoms with Crippen molar-refractivity contribution in [1.82, 2.24) is 19.8 Å². The van der Waals surface area contributed by atoms with Crippen LogP contribution in [0.15, 0.2) is 24.3 Å². The van der Waals surface area contributed by atoms with E-state index in [2.05, 4.69) is 20.0 Å². The van der Waals surface area contributed by atoms with E-state index >= 15 is 0 Å². The minimum atomic E-state index is -4.68. The number of halogens is 3. The first-order valence-corrected chi connectivity index (χ1v) is 8.35. The summed E-state index contributed by atoms with van der Waals surface area (Å²) in [4.78, 5) is 0.754. The fourth-order valence-electron chi connectivity index (χ4n) is 2.59. The second-order valence-corrected chi connectivity index (χ2v) is 6.73. The van der Waals surface area contributed by atoms with Crippen LogP contribution in [0.25, 0.3) is 4.96 Å². The number of fused-ring (bicyclic) bond motifs is 1. The van der Waals surface area contributed by atoms with Crippen molar-refractivity contribution in [3.8, 4) is 5.75 Å². The number of hydrogen-bond acceptors (Lipinski definition) is 5. The zero-order chi connectivity index (χ0) is 16.7. The smallest absolute Gasteiger partial charge is 0.406 e. The molecule has 24 heavy (non-hydrogen) atoms. The molecule has 0 N–H and O–H groups in total. The number of rotatable bonds is 4. The van der Waals surface area contributed by atoms with E-state index in [-0.39, 0.29) is 5.75 Å². The third-order valence-electron chi connectivity index (χ3n) is 4.04. The third-order valence-corrected chi connectivity index (χ3v) is 5.11. The fraction of sp³-hybridized carbons (Fsp3) is 0.400. The van der Waals surface area contributed by atoms with Crippen molar-refractivity contribution < 1.29 is 17.9 Å². The van der Waals surface area contributed by atoms with Crippen LogP contribution in [-0.2, 0) is 6.42 Å². The van der Waals surface area contributed by atoms with Crippen molar-refractivity contribution in [3.63, 3.8) is 0 Å². The van der Waals surface area contributed by atoms with Crippen LogP contribution in [0.1, 0.15) is 41.6 Å². The van der Waals surface area contributed by atoms with Crippen LogP contribution in [0, 0.1) is 0 Å². The summed E-state index contributed by atoms with van der Waals surface area (Å²) >= 11 is 1.55. The molecule has 3 aromatic rings. The third kappa shape index (κ3) is 3.08. The Kier molecular flexibility index (Phi) is 3.67. The highest BCUT2D eigenvalue weighted by Gasteiger charge is 2.31. The monoisotopic (exact) mass is 354 g/mol. The van der Waals surface area contributed by atoms with Crippen molar-refractivity contribution in [2.75, 3.05) is 0 Å². The van der Waals surface area contributed by atoms with E-state index in [0.717, 1.165) is 15.5 Å². The van der Waals surface area contributed by atoms with Crippen molar-refractivity contribution >= 4 is 16.3 Å². The first kappa shape index (κ1) is 15.4. The van der Waals surface area contributed by atoms with Gasteiger partial charge in [0.25, 0.3) is 0 Å². The number of hydrogen-bond donors (Lipinski definition) is 0. The summed E-state index contributed by atoms with van der Waals surface area (Å²) in [5, 5.41) is 13.9. The van der Waals surface area contributed by atoms with Crippen LogP contribution in [-0.4, -0.2) is 26.2 Å². The first-order valence-electron chi connectivity index (χ1n) is 7.54. The molecule has 9 heteroatoms. The molecule has 0 amide bonds. The summed E-state index contributed by atoms with van der Waals surface area (Å²) in [5.41, 5.74) is 0.817. The Morgan fingerprint density at radius 1 is 1.17 bits per heavy atom. The van der Waals surface area contributed by atoms with Crippen molar-refractivity contribution in [3.05, 3.63) is 40.7 Å². The lowest BCUT2D eigenvalue weighted by atomic mass is 9.86. The highest BCUT2D eigenvalue weighted by atomic mass is 32.1. The van der Waals surface area contributed by atoms with Gasteiger partial charge in [-0.3, -0.25) is 0 Å². The number of aromatic nitrogens is 4. The van der Waals surface area contributed by atoms with E-state index in [1.165, 1.54) is 31.4 Å². The van der Waals surface area contributed by atoms with Crippen molar-refractivity contribution in [1.29, 1.82) is 0 Å². The lowest BCUT2D eigenvalue weighted by Crippen LogP contribution is -2.17. The molecule has 4 rings (SSSR count). The molecule has 0 radical (unpaired) electrons. The Balaban J connectivity index is 1.52. The van der Waals surface area contributed by atoms with Crippen LogP contribution in [0.3, 0.4) is 0 Å². The van der Waals surface area contributed by atoms with Gasteiger partial charge in [0.15, 0.2) is 5.82 Å². The van der Waals surface area contributed by atoms with E-state index < -0.39 is 6.36 Å². The Labute approximate surface area is 139 Å². The second-order valence-electron chi connectivity index (χ2n) is 5.75. The maximum atomic E-state index is 12.2. The molecule has 2 aromatic heterocycles. The molecule has 1 fully saturated rings. The summed E-state index contributed by atoms with van der Waals surface area (Å²) in [7, 11) is 0. The summed E-state index contributed by atoms with van der Waals surface area (Å²) in [5.74, 6) is 0.971. The van der Waals surface area contributed by atoms with Crippen LogP contribution >= 0.6 is 11.3 Å². The van der Waals surface area contributed by atoms with E-state index in [1.807, 2.05) is 0 Å². The average molecular weight is 354 g/mol. The predicted molar refractivity (Wildman–Crippen MR) is 81.2 cm³/mol. The van der Waals surface area contributed by atoms with E-state index in [4.69, 9.17) is 0 Å². The topological polar surface area (TPSA) is 52.3 Å². The van der Waals surface area contributed by atoms with Crippen molar-refractivity contribution in [2.24, 2.45) is 0 Å². The number of ether oxygens (including phenoxy) is 1. The van der Waals surface area contributed by atoms with Gasteiger partial charge in [-0.1, -0.05) is 29.9 Å². The molecule has 2 heterocycles. The van der Waals surface area contributed by atoms with Gasteiger partial charge in [-0.25, -0.2) is 0 Å². The zero-order valence-electron chi connectivity index (χ0n) is 12.5. The molecule has 1 aliphatic carbocycles. The average Bonchev–Trinajstić information content (AvgIpc) is 2.99. The van der Waals surface area contributed by atoms with Crippen LogP contribution in [0.5, 0.6) is 5.75 Å². The summed E-state index contributed by atoms with van der Waals surface area (Å²) in [6.07, 6.45) is -0.662. The highest BCUT2D eigenvalue weighted by Crippen LogP contribution is 2.38. The standard InChI is InChI=1S/C15H13F3N4OS/c16-15(17,18)23-11-6-4-9(5-7-11)8-12-19-20-14-22(12)21-13(24-14)10-2-1-3-10/h4-7,10H,1-3,8H2. The molecule has 1 saturated carbocycles. The van der Waals surface area contributed by atoms with E-state index in [0.29, 0.717) is 18.2 Å². The molecule has 0 aliphatic heterocycles. The zero-order valence-corrected chi connectivity index (χ0v) is 13.3. The number of benzene rings is 1. The largest absolute Gasteiger partial charge is 0.573 e. The normalized spacial score (nSPS) is 15.6. The Morgan fingerprint density at radius 3 is 2.54 bits per heavy atom. The quantitative estimate of drug-likeness (QED) is 0.712. The Morgan fingerprint density at radius 2 is 1.92 bits per heavy atom. The molecule has 0 saturated heterocycles. The van der Waals surface area contributed by atoms with Gasteiger partial charge in [-0.05, 0) is 30.5 Å². The van der Waals surface area contributed by atoms with Crippen LogP contribution < -0.4 is 4.74 Å². The molecule has 0 atom stereocenters. The highest BCUT2D eigenvalue weighted by molar-refractivity contribution is 7.16. The maximum Gasteiger partial charge on any atom is 0.573 e. The molecule has 1 aromatic carbocycles. The van der Waals surface area contributed by atoms with Gasteiger partial charge in [0, 0.05) is 12.3 Å². The fourth-order valence-corrected chi connectivity index (χ4v) is 3.62. The predicted octanol–water partition coefficient (Wildman–Crippen LogP) is 3.94. The maximum absolute atomic E-state index is 12.2. The first-order chi connectivity index (χ1) is 11.5. The van der Waals surface area contributed by atoms with Gasteiger partial charge in [0.2, 0.25) is 4.96 Å². The molecule has 0 bridgehead atoms. The second kappa shape index (κ2) is 5.73. The van der Waals surface area contributed by atoms with Gasteiger partial charge in [-0.2, -0.15) is 9.61 Å². The number of nitrogens with zero attached hydrogens (tertiary/aromatic N) is 4. The minimum absolute atomic E-state index is 0.237.